The van der Waals surface area contributed by atoms with Crippen LogP contribution < -0.4 is 11.1 Å². The summed E-state index contributed by atoms with van der Waals surface area (Å²) >= 11 is 0. The number of amides is 1. The summed E-state index contributed by atoms with van der Waals surface area (Å²) in [6, 6.07) is -0.538. The monoisotopic (exact) mass is 272 g/mol. The number of aliphatic carboxylic acids is 1. The smallest absolute Gasteiger partial charge is 0.305 e. The number of hydrogen-bond acceptors (Lipinski definition) is 3. The van der Waals surface area contributed by atoms with Crippen molar-refractivity contribution in [2.45, 2.75) is 66.0 Å². The summed E-state index contributed by atoms with van der Waals surface area (Å²) in [6.45, 7) is 9.99. The number of carbonyl (C=O) groups is 2. The van der Waals surface area contributed by atoms with E-state index >= 15 is 0 Å². The highest BCUT2D eigenvalue weighted by molar-refractivity contribution is 5.78. The van der Waals surface area contributed by atoms with Crippen LogP contribution in [0.5, 0.6) is 0 Å². The molecule has 0 aliphatic carbocycles. The number of carbonyl (C=O) groups excluding carboxylic acids is 1. The molecule has 0 radical (unpaired) electrons. The van der Waals surface area contributed by atoms with Crippen LogP contribution in [-0.4, -0.2) is 29.1 Å². The van der Waals surface area contributed by atoms with Crippen molar-refractivity contribution < 1.29 is 14.7 Å². The van der Waals surface area contributed by atoms with Crippen molar-refractivity contribution in [3.63, 3.8) is 0 Å². The average Bonchev–Trinajstić information content (AvgIpc) is 2.12. The Morgan fingerprint density at radius 3 is 2.11 bits per heavy atom. The number of hydrogen-bond donors (Lipinski definition) is 3. The first-order valence-corrected chi connectivity index (χ1v) is 6.78. The zero-order valence-electron chi connectivity index (χ0n) is 12.7. The van der Waals surface area contributed by atoms with Crippen LogP contribution in [0.15, 0.2) is 0 Å². The normalized spacial score (nSPS) is 15.1. The second-order valence-corrected chi connectivity index (χ2v) is 6.74. The van der Waals surface area contributed by atoms with Gasteiger partial charge in [0.15, 0.2) is 0 Å². The van der Waals surface area contributed by atoms with E-state index in [1.807, 2.05) is 34.6 Å². The number of nitrogens with two attached hydrogens (primary N) is 1. The molecule has 0 rings (SSSR count). The maximum absolute atomic E-state index is 11.9. The van der Waals surface area contributed by atoms with Crippen LogP contribution in [0.1, 0.15) is 53.9 Å². The molecular formula is C14H28N2O3. The van der Waals surface area contributed by atoms with Crippen molar-refractivity contribution in [1.82, 2.24) is 5.32 Å². The van der Waals surface area contributed by atoms with Gasteiger partial charge < -0.3 is 16.2 Å². The third kappa shape index (κ3) is 9.47. The molecule has 0 aromatic heterocycles. The molecule has 0 fully saturated rings. The quantitative estimate of drug-likeness (QED) is 0.658. The summed E-state index contributed by atoms with van der Waals surface area (Å²) < 4.78 is 0. The predicted octanol–water partition coefficient (Wildman–Crippen LogP) is 1.76. The fourth-order valence-corrected chi connectivity index (χ4v) is 1.86. The summed E-state index contributed by atoms with van der Waals surface area (Å²) in [6.07, 6.45) is 0.805. The van der Waals surface area contributed by atoms with Crippen LogP contribution in [0.25, 0.3) is 0 Å². The summed E-state index contributed by atoms with van der Waals surface area (Å²) in [5.41, 5.74) is 5.81. The van der Waals surface area contributed by atoms with Crippen LogP contribution in [0.2, 0.25) is 0 Å². The van der Waals surface area contributed by atoms with Crippen LogP contribution >= 0.6 is 0 Å². The van der Waals surface area contributed by atoms with Gasteiger partial charge in [-0.25, -0.2) is 0 Å². The Morgan fingerprint density at radius 2 is 1.74 bits per heavy atom. The third-order valence-corrected chi connectivity index (χ3v) is 2.92. The minimum absolute atomic E-state index is 0.0342. The van der Waals surface area contributed by atoms with Crippen molar-refractivity contribution in [3.05, 3.63) is 0 Å². The predicted molar refractivity (Wildman–Crippen MR) is 75.7 cm³/mol. The van der Waals surface area contributed by atoms with E-state index in [9.17, 15) is 9.59 Å². The van der Waals surface area contributed by atoms with Gasteiger partial charge in [0.05, 0.1) is 6.42 Å². The molecule has 112 valence electrons. The van der Waals surface area contributed by atoms with Crippen LogP contribution in [-0.2, 0) is 9.59 Å². The Labute approximate surface area is 115 Å². The Hall–Kier alpha value is -1.10. The standard InChI is InChI=1S/C14H28N2O3/c1-9(2)11(15)7-12(17)16-10(6-13(18)19)8-14(3,4)5/h9-11H,6-8,15H2,1-5H3,(H,16,17)(H,18,19). The van der Waals surface area contributed by atoms with E-state index in [0.29, 0.717) is 6.42 Å². The van der Waals surface area contributed by atoms with Crippen molar-refractivity contribution in [2.24, 2.45) is 17.1 Å². The van der Waals surface area contributed by atoms with Crippen molar-refractivity contribution >= 4 is 11.9 Å². The second-order valence-electron chi connectivity index (χ2n) is 6.74. The topological polar surface area (TPSA) is 92.4 Å². The SMILES string of the molecule is CC(C)C(N)CC(=O)NC(CC(=O)O)CC(C)(C)C. The second kappa shape index (κ2) is 7.48. The lowest BCUT2D eigenvalue weighted by atomic mass is 9.87. The zero-order chi connectivity index (χ0) is 15.2. The molecule has 0 aliphatic rings. The van der Waals surface area contributed by atoms with Crippen LogP contribution in [0, 0.1) is 11.3 Å². The summed E-state index contributed by atoms with van der Waals surface area (Å²) in [5.74, 6) is -0.842. The maximum Gasteiger partial charge on any atom is 0.305 e. The van der Waals surface area contributed by atoms with E-state index in [-0.39, 0.29) is 42.2 Å². The summed E-state index contributed by atoms with van der Waals surface area (Å²) in [7, 11) is 0. The molecule has 0 aromatic carbocycles. The number of carboxylic acid groups (broad SMARTS) is 1. The van der Waals surface area contributed by atoms with E-state index in [2.05, 4.69) is 5.32 Å². The van der Waals surface area contributed by atoms with E-state index in [1.165, 1.54) is 0 Å². The molecule has 2 unspecified atom stereocenters. The van der Waals surface area contributed by atoms with Gasteiger partial charge in [-0.05, 0) is 17.8 Å². The van der Waals surface area contributed by atoms with Gasteiger partial charge >= 0.3 is 5.97 Å². The molecule has 0 aliphatic heterocycles. The molecule has 0 heterocycles. The van der Waals surface area contributed by atoms with Gasteiger partial charge in [0.25, 0.3) is 0 Å². The van der Waals surface area contributed by atoms with Gasteiger partial charge in [-0.1, -0.05) is 34.6 Å². The first-order chi connectivity index (χ1) is 8.51. The largest absolute Gasteiger partial charge is 0.481 e. The van der Waals surface area contributed by atoms with Crippen molar-refractivity contribution in [3.8, 4) is 0 Å². The molecule has 5 nitrogen and oxygen atoms in total. The van der Waals surface area contributed by atoms with Gasteiger partial charge in [0.2, 0.25) is 5.91 Å². The molecule has 0 saturated heterocycles. The molecule has 0 aromatic rings. The van der Waals surface area contributed by atoms with Gasteiger partial charge in [0.1, 0.15) is 0 Å². The van der Waals surface area contributed by atoms with Crippen molar-refractivity contribution in [2.75, 3.05) is 0 Å². The molecule has 19 heavy (non-hydrogen) atoms. The summed E-state index contributed by atoms with van der Waals surface area (Å²) in [5, 5.41) is 11.7. The highest BCUT2D eigenvalue weighted by atomic mass is 16.4. The highest BCUT2D eigenvalue weighted by Gasteiger charge is 2.23. The molecule has 0 saturated carbocycles. The molecule has 4 N–H and O–H groups in total. The molecule has 0 bridgehead atoms. The average molecular weight is 272 g/mol. The van der Waals surface area contributed by atoms with E-state index < -0.39 is 5.97 Å². The Bertz CT molecular complexity index is 308. The number of rotatable bonds is 7. The minimum Gasteiger partial charge on any atom is -0.481 e. The molecule has 2 atom stereocenters. The molecule has 5 heteroatoms. The molecule has 1 amide bonds. The lowest BCUT2D eigenvalue weighted by molar-refractivity contribution is -0.137. The summed E-state index contributed by atoms with van der Waals surface area (Å²) in [4.78, 5) is 22.7. The fourth-order valence-electron chi connectivity index (χ4n) is 1.86. The maximum atomic E-state index is 11.9. The van der Waals surface area contributed by atoms with Gasteiger partial charge in [-0.2, -0.15) is 0 Å². The van der Waals surface area contributed by atoms with E-state index in [4.69, 9.17) is 10.8 Å². The fraction of sp³-hybridized carbons (Fsp3) is 0.857. The molecular weight excluding hydrogens is 244 g/mol. The Morgan fingerprint density at radius 1 is 1.21 bits per heavy atom. The minimum atomic E-state index is -0.900. The first kappa shape index (κ1) is 17.9. The Kier molecular flexibility index (Phi) is 7.05. The van der Waals surface area contributed by atoms with Gasteiger partial charge in [-0.3, -0.25) is 9.59 Å². The zero-order valence-corrected chi connectivity index (χ0v) is 12.7. The van der Waals surface area contributed by atoms with Gasteiger partial charge in [-0.15, -0.1) is 0 Å². The first-order valence-electron chi connectivity index (χ1n) is 6.78. The lowest BCUT2D eigenvalue weighted by Crippen LogP contribution is -2.42. The van der Waals surface area contributed by atoms with E-state index in [1.54, 1.807) is 0 Å². The van der Waals surface area contributed by atoms with Crippen LogP contribution in [0.4, 0.5) is 0 Å². The van der Waals surface area contributed by atoms with Crippen molar-refractivity contribution in [1.29, 1.82) is 0 Å². The lowest BCUT2D eigenvalue weighted by Gasteiger charge is -2.26. The molecule has 0 spiro atoms. The third-order valence-electron chi connectivity index (χ3n) is 2.92. The van der Waals surface area contributed by atoms with E-state index in [0.717, 1.165) is 0 Å². The highest BCUT2D eigenvalue weighted by Crippen LogP contribution is 2.22. The number of carboxylic acids is 1. The van der Waals surface area contributed by atoms with Crippen LogP contribution in [0.3, 0.4) is 0 Å². The van der Waals surface area contributed by atoms with Gasteiger partial charge in [0, 0.05) is 18.5 Å². The number of nitrogens with one attached hydrogen (secondary N) is 1. The Balaban J connectivity index is 4.46.